The smallest absolute Gasteiger partial charge is 0.338 e. The number of Topliss-reactive ketones (excluding diaryl/α,β-unsaturated/α-hetero) is 1. The van der Waals surface area contributed by atoms with E-state index in [-0.39, 0.29) is 97.5 Å². The number of carbonyl (C=O) groups is 7. The van der Waals surface area contributed by atoms with Crippen molar-refractivity contribution in [2.75, 3.05) is 0 Å². The number of ketones is 5. The van der Waals surface area contributed by atoms with Crippen LogP contribution in [-0.4, -0.2) is 53.1 Å². The minimum absolute atomic E-state index is 0.109. The molecule has 0 bridgehead atoms. The van der Waals surface area contributed by atoms with Crippen LogP contribution in [0.1, 0.15) is 157 Å². The lowest BCUT2D eigenvalue weighted by atomic mass is 9.44. The molecule has 6 aliphatic carbocycles. The number of ether oxygens (including phenoxy) is 2. The molecular weight excluding hydrogens is 757 g/mol. The molecule has 9 heteroatoms. The summed E-state index contributed by atoms with van der Waals surface area (Å²) in [6, 6.07) is 22.6. The van der Waals surface area contributed by atoms with Crippen LogP contribution in [0, 0.1) is 40.4 Å². The Morgan fingerprint density at radius 1 is 0.550 bits per heavy atom. The molecule has 0 spiro atoms. The average molecular weight is 803 g/mol. The van der Waals surface area contributed by atoms with Gasteiger partial charge in [-0.15, -0.1) is 0 Å². The SMILES string of the molecule is CC(=O)[C@@H]1CC[C@@H]2[C@H]3CC[C@H]4C[C@@H](OC(=O)c5ccc6c(c5)C(=O)c5ccccc5C6=O)CC[C@]4(C)[C@@H]3C[C@H](OC(=O)c3ccc4c(c3)C(=O)c3ccccc3C4=O)[C@@]21C. The molecule has 304 valence electrons. The molecule has 60 heavy (non-hydrogen) atoms. The monoisotopic (exact) mass is 802 g/mol. The summed E-state index contributed by atoms with van der Waals surface area (Å²) in [4.78, 5) is 94.5. The van der Waals surface area contributed by atoms with Gasteiger partial charge >= 0.3 is 11.9 Å². The summed E-state index contributed by atoms with van der Waals surface area (Å²) >= 11 is 0. The Bertz CT molecular complexity index is 2600. The third kappa shape index (κ3) is 5.60. The molecule has 0 unspecified atom stereocenters. The van der Waals surface area contributed by atoms with Crippen LogP contribution < -0.4 is 0 Å². The standard InChI is InChI=1S/C51H46O9/c1-26(52)40-18-19-41-37-17-14-29-24-30(59-48(57)27-12-15-35-38(22-27)46(55)33-10-6-4-8-31(33)44(35)53)20-21-50(29,2)42(37)25-43(51(40,41)3)60-49(58)28-13-16-36-39(23-28)47(56)34-11-7-5-9-32(34)45(36)54/h4-13,15-16,22-23,29-30,37,40-43H,14,17-21,24-25H2,1-3H3/t29-,30-,37+,40-,41+,42+,43-,50-,51+/m0/s1. The van der Waals surface area contributed by atoms with Crippen molar-refractivity contribution < 1.29 is 43.0 Å². The molecular formula is C51H46O9. The van der Waals surface area contributed by atoms with Crippen molar-refractivity contribution in [2.24, 2.45) is 40.4 Å². The van der Waals surface area contributed by atoms with Crippen LogP contribution in [0.15, 0.2) is 84.9 Å². The molecule has 0 N–H and O–H groups in total. The lowest BCUT2D eigenvalue weighted by molar-refractivity contribution is -0.175. The van der Waals surface area contributed by atoms with Crippen LogP contribution in [0.2, 0.25) is 0 Å². The van der Waals surface area contributed by atoms with Gasteiger partial charge in [0.15, 0.2) is 23.1 Å². The van der Waals surface area contributed by atoms with Crippen LogP contribution in [0.3, 0.4) is 0 Å². The summed E-state index contributed by atoms with van der Waals surface area (Å²) in [6.07, 6.45) is 5.47. The number of hydrogen-bond acceptors (Lipinski definition) is 9. The third-order valence-electron chi connectivity index (χ3n) is 16.0. The van der Waals surface area contributed by atoms with Crippen LogP contribution in [-0.2, 0) is 14.3 Å². The van der Waals surface area contributed by atoms with Crippen molar-refractivity contribution in [3.05, 3.63) is 141 Å². The van der Waals surface area contributed by atoms with E-state index in [2.05, 4.69) is 13.8 Å². The van der Waals surface area contributed by atoms with E-state index in [0.717, 1.165) is 32.1 Å². The summed E-state index contributed by atoms with van der Waals surface area (Å²) in [5.74, 6) is -1.32. The molecule has 4 saturated carbocycles. The molecule has 10 rings (SSSR count). The second kappa shape index (κ2) is 13.9. The fraction of sp³-hybridized carbons (Fsp3) is 0.392. The molecule has 0 aromatic heterocycles. The maximum absolute atomic E-state index is 14.2. The zero-order valence-electron chi connectivity index (χ0n) is 34.0. The van der Waals surface area contributed by atoms with E-state index in [1.807, 2.05) is 0 Å². The van der Waals surface area contributed by atoms with Gasteiger partial charge in [-0.3, -0.25) is 24.0 Å². The molecule has 0 radical (unpaired) electrons. The Morgan fingerprint density at radius 2 is 1.05 bits per heavy atom. The van der Waals surface area contributed by atoms with Gasteiger partial charge in [-0.25, -0.2) is 9.59 Å². The lowest BCUT2D eigenvalue weighted by Gasteiger charge is -2.62. The Balaban J connectivity index is 0.881. The van der Waals surface area contributed by atoms with Crippen molar-refractivity contribution in [3.63, 3.8) is 0 Å². The Kier molecular flexibility index (Phi) is 8.87. The first-order valence-corrected chi connectivity index (χ1v) is 21.4. The van der Waals surface area contributed by atoms with Crippen LogP contribution in [0.5, 0.6) is 0 Å². The molecule has 0 amide bonds. The second-order valence-corrected chi connectivity index (χ2v) is 18.6. The Labute approximate surface area is 348 Å². The molecule has 9 atom stereocenters. The van der Waals surface area contributed by atoms with Gasteiger partial charge in [0.1, 0.15) is 18.0 Å². The summed E-state index contributed by atoms with van der Waals surface area (Å²) in [5, 5.41) is 0. The average Bonchev–Trinajstić information content (AvgIpc) is 3.63. The number of rotatable bonds is 5. The summed E-state index contributed by atoms with van der Waals surface area (Å²) in [6.45, 7) is 6.14. The highest BCUT2D eigenvalue weighted by Crippen LogP contribution is 2.68. The summed E-state index contributed by atoms with van der Waals surface area (Å²) < 4.78 is 12.7. The Hall–Kier alpha value is -5.83. The maximum atomic E-state index is 14.2. The molecule has 4 aromatic carbocycles. The predicted octanol–water partition coefficient (Wildman–Crippen LogP) is 8.85. The number of hydrogen-bond donors (Lipinski definition) is 0. The first-order valence-electron chi connectivity index (χ1n) is 21.4. The summed E-state index contributed by atoms with van der Waals surface area (Å²) in [5.41, 5.74) is 2.06. The van der Waals surface area contributed by atoms with Crippen molar-refractivity contribution in [2.45, 2.75) is 84.3 Å². The minimum atomic E-state index is -0.569. The van der Waals surface area contributed by atoms with Crippen LogP contribution in [0.25, 0.3) is 0 Å². The molecule has 9 nitrogen and oxygen atoms in total. The fourth-order valence-electron chi connectivity index (χ4n) is 13.0. The number of esters is 2. The normalized spacial score (nSPS) is 31.0. The van der Waals surface area contributed by atoms with Gasteiger partial charge < -0.3 is 9.47 Å². The summed E-state index contributed by atoms with van der Waals surface area (Å²) in [7, 11) is 0. The molecule has 0 aliphatic heterocycles. The number of carbonyl (C=O) groups excluding carboxylic acids is 7. The molecule has 6 aliphatic rings. The van der Waals surface area contributed by atoms with Crippen molar-refractivity contribution in [3.8, 4) is 0 Å². The highest BCUT2D eigenvalue weighted by molar-refractivity contribution is 6.29. The van der Waals surface area contributed by atoms with Gasteiger partial charge in [-0.05, 0) is 124 Å². The third-order valence-corrected chi connectivity index (χ3v) is 16.0. The highest BCUT2D eigenvalue weighted by atomic mass is 16.5. The molecule has 4 aromatic rings. The van der Waals surface area contributed by atoms with Crippen molar-refractivity contribution in [1.29, 1.82) is 0 Å². The first-order chi connectivity index (χ1) is 28.8. The quantitative estimate of drug-likeness (QED) is 0.157. The van der Waals surface area contributed by atoms with Gasteiger partial charge in [0.25, 0.3) is 0 Å². The van der Waals surface area contributed by atoms with Crippen molar-refractivity contribution in [1.82, 2.24) is 0 Å². The zero-order chi connectivity index (χ0) is 41.8. The largest absolute Gasteiger partial charge is 0.459 e. The Morgan fingerprint density at radius 3 is 1.58 bits per heavy atom. The number of benzene rings is 4. The highest BCUT2D eigenvalue weighted by Gasteiger charge is 2.65. The van der Waals surface area contributed by atoms with E-state index >= 15 is 0 Å². The fourth-order valence-corrected chi connectivity index (χ4v) is 13.0. The van der Waals surface area contributed by atoms with Gasteiger partial charge in [0.2, 0.25) is 0 Å². The second-order valence-electron chi connectivity index (χ2n) is 18.6. The maximum Gasteiger partial charge on any atom is 0.338 e. The van der Waals surface area contributed by atoms with E-state index in [0.29, 0.717) is 47.4 Å². The van der Waals surface area contributed by atoms with Crippen LogP contribution >= 0.6 is 0 Å². The van der Waals surface area contributed by atoms with E-state index < -0.39 is 23.5 Å². The molecule has 0 saturated heterocycles. The predicted molar refractivity (Wildman–Crippen MR) is 219 cm³/mol. The topological polar surface area (TPSA) is 138 Å². The van der Waals surface area contributed by atoms with Gasteiger partial charge in [0, 0.05) is 55.8 Å². The van der Waals surface area contributed by atoms with E-state index in [9.17, 15) is 33.6 Å². The van der Waals surface area contributed by atoms with Gasteiger partial charge in [0.05, 0.1) is 11.1 Å². The number of fused-ring (bicyclic) bond motifs is 9. The van der Waals surface area contributed by atoms with Gasteiger partial charge in [-0.1, -0.05) is 62.4 Å². The van der Waals surface area contributed by atoms with E-state index in [1.165, 1.54) is 12.1 Å². The minimum Gasteiger partial charge on any atom is -0.459 e. The first kappa shape index (κ1) is 38.4. The molecule has 0 heterocycles. The van der Waals surface area contributed by atoms with Crippen LogP contribution in [0.4, 0.5) is 0 Å². The van der Waals surface area contributed by atoms with Crippen molar-refractivity contribution >= 4 is 40.9 Å². The van der Waals surface area contributed by atoms with Gasteiger partial charge in [-0.2, -0.15) is 0 Å². The van der Waals surface area contributed by atoms with E-state index in [1.54, 1.807) is 79.7 Å². The lowest BCUT2D eigenvalue weighted by Crippen LogP contribution is -2.59. The van der Waals surface area contributed by atoms with E-state index in [4.69, 9.17) is 9.47 Å². The zero-order valence-corrected chi connectivity index (χ0v) is 34.0. The molecule has 4 fully saturated rings.